The van der Waals surface area contributed by atoms with Crippen LogP contribution in [0.1, 0.15) is 11.3 Å². The van der Waals surface area contributed by atoms with Gasteiger partial charge in [-0.25, -0.2) is 9.37 Å². The molecule has 0 saturated heterocycles. The molecular formula is C13H10F4N2O. The van der Waals surface area contributed by atoms with E-state index < -0.39 is 17.7 Å². The van der Waals surface area contributed by atoms with E-state index in [0.29, 0.717) is 0 Å². The monoisotopic (exact) mass is 286 g/mol. The van der Waals surface area contributed by atoms with Crippen molar-refractivity contribution in [1.29, 1.82) is 0 Å². The van der Waals surface area contributed by atoms with E-state index in [1.807, 2.05) is 0 Å². The van der Waals surface area contributed by atoms with Crippen LogP contribution >= 0.6 is 0 Å². The summed E-state index contributed by atoms with van der Waals surface area (Å²) in [6.45, 7) is -0.138. The molecule has 1 aromatic carbocycles. The molecule has 0 amide bonds. The average molecular weight is 286 g/mol. The van der Waals surface area contributed by atoms with Crippen LogP contribution in [0.2, 0.25) is 0 Å². The first-order valence-corrected chi connectivity index (χ1v) is 5.61. The lowest BCUT2D eigenvalue weighted by Gasteiger charge is -2.11. The van der Waals surface area contributed by atoms with Crippen LogP contribution in [-0.2, 0) is 12.7 Å². The fourth-order valence-electron chi connectivity index (χ4n) is 1.57. The summed E-state index contributed by atoms with van der Waals surface area (Å²) in [5.41, 5.74) is 4.38. The van der Waals surface area contributed by atoms with E-state index in [2.05, 4.69) is 4.98 Å². The number of rotatable bonds is 3. The Morgan fingerprint density at radius 1 is 1.10 bits per heavy atom. The number of hydrogen-bond acceptors (Lipinski definition) is 3. The van der Waals surface area contributed by atoms with Crippen molar-refractivity contribution in [2.45, 2.75) is 12.7 Å². The van der Waals surface area contributed by atoms with E-state index in [4.69, 9.17) is 10.5 Å². The maximum atomic E-state index is 13.5. The third kappa shape index (κ3) is 3.05. The van der Waals surface area contributed by atoms with Gasteiger partial charge in [0.25, 0.3) is 0 Å². The van der Waals surface area contributed by atoms with Gasteiger partial charge in [-0.15, -0.1) is 0 Å². The number of halogens is 4. The Kier molecular flexibility index (Phi) is 3.89. The SMILES string of the molecule is NCc1c(F)cccc1Oc1cccc(C(F)(F)F)n1. The molecule has 1 heterocycles. The molecule has 20 heavy (non-hydrogen) atoms. The molecular weight excluding hydrogens is 276 g/mol. The van der Waals surface area contributed by atoms with Crippen molar-refractivity contribution in [2.75, 3.05) is 0 Å². The van der Waals surface area contributed by atoms with Crippen LogP contribution < -0.4 is 10.5 Å². The van der Waals surface area contributed by atoms with E-state index in [0.717, 1.165) is 12.1 Å². The lowest BCUT2D eigenvalue weighted by molar-refractivity contribution is -0.141. The summed E-state index contributed by atoms with van der Waals surface area (Å²) in [5, 5.41) is 0. The average Bonchev–Trinajstić information content (AvgIpc) is 2.38. The molecule has 0 bridgehead atoms. The molecule has 106 valence electrons. The van der Waals surface area contributed by atoms with Gasteiger partial charge in [0.05, 0.1) is 0 Å². The molecule has 2 aromatic rings. The zero-order valence-corrected chi connectivity index (χ0v) is 10.1. The molecule has 0 atom stereocenters. The smallest absolute Gasteiger partial charge is 0.433 e. The molecule has 2 N–H and O–H groups in total. The van der Waals surface area contributed by atoms with Gasteiger partial charge >= 0.3 is 6.18 Å². The Bertz CT molecular complexity index is 614. The first-order valence-electron chi connectivity index (χ1n) is 5.61. The fraction of sp³-hybridized carbons (Fsp3) is 0.154. The van der Waals surface area contributed by atoms with Gasteiger partial charge in [0.1, 0.15) is 17.3 Å². The van der Waals surface area contributed by atoms with Crippen molar-refractivity contribution in [3.8, 4) is 11.6 Å². The topological polar surface area (TPSA) is 48.1 Å². The van der Waals surface area contributed by atoms with Crippen LogP contribution in [0.5, 0.6) is 11.6 Å². The predicted molar refractivity (Wildman–Crippen MR) is 63.6 cm³/mol. The molecule has 0 spiro atoms. The number of pyridine rings is 1. The second kappa shape index (κ2) is 5.46. The van der Waals surface area contributed by atoms with Crippen molar-refractivity contribution in [1.82, 2.24) is 4.98 Å². The van der Waals surface area contributed by atoms with Gasteiger partial charge in [0.15, 0.2) is 0 Å². The minimum atomic E-state index is -4.57. The van der Waals surface area contributed by atoms with Crippen molar-refractivity contribution in [2.24, 2.45) is 5.73 Å². The summed E-state index contributed by atoms with van der Waals surface area (Å²) >= 11 is 0. The second-order valence-electron chi connectivity index (χ2n) is 3.88. The van der Waals surface area contributed by atoms with Gasteiger partial charge in [-0.2, -0.15) is 13.2 Å². The van der Waals surface area contributed by atoms with Crippen LogP contribution in [0.15, 0.2) is 36.4 Å². The third-order valence-corrected chi connectivity index (χ3v) is 2.51. The maximum absolute atomic E-state index is 13.5. The third-order valence-electron chi connectivity index (χ3n) is 2.51. The second-order valence-corrected chi connectivity index (χ2v) is 3.88. The summed E-state index contributed by atoms with van der Waals surface area (Å²) in [4.78, 5) is 3.33. The minimum absolute atomic E-state index is 0.0410. The highest BCUT2D eigenvalue weighted by Crippen LogP contribution is 2.31. The molecule has 1 aromatic heterocycles. The molecule has 0 aliphatic carbocycles. The van der Waals surface area contributed by atoms with Gasteiger partial charge in [-0.1, -0.05) is 12.1 Å². The van der Waals surface area contributed by atoms with E-state index in [9.17, 15) is 17.6 Å². The number of nitrogens with zero attached hydrogens (tertiary/aromatic N) is 1. The highest BCUT2D eigenvalue weighted by atomic mass is 19.4. The summed E-state index contributed by atoms with van der Waals surface area (Å²) in [5.74, 6) is -0.823. The number of alkyl halides is 3. The van der Waals surface area contributed by atoms with Crippen molar-refractivity contribution in [3.05, 3.63) is 53.5 Å². The molecule has 2 rings (SSSR count). The van der Waals surface area contributed by atoms with E-state index >= 15 is 0 Å². The Labute approximate surface area is 112 Å². The molecule has 0 aliphatic heterocycles. The predicted octanol–water partition coefficient (Wildman–Crippen LogP) is 3.49. The van der Waals surface area contributed by atoms with Crippen LogP contribution in [-0.4, -0.2) is 4.98 Å². The molecule has 0 radical (unpaired) electrons. The number of aromatic nitrogens is 1. The normalized spacial score (nSPS) is 11.4. The van der Waals surface area contributed by atoms with Crippen molar-refractivity contribution in [3.63, 3.8) is 0 Å². The maximum Gasteiger partial charge on any atom is 0.433 e. The first kappa shape index (κ1) is 14.3. The first-order chi connectivity index (χ1) is 9.41. The Balaban J connectivity index is 2.34. The van der Waals surface area contributed by atoms with E-state index in [1.54, 1.807) is 0 Å². The fourth-order valence-corrected chi connectivity index (χ4v) is 1.57. The summed E-state index contributed by atoms with van der Waals surface area (Å²) in [7, 11) is 0. The number of nitrogens with two attached hydrogens (primary N) is 1. The zero-order chi connectivity index (χ0) is 14.8. The Hall–Kier alpha value is -2.15. The minimum Gasteiger partial charge on any atom is -0.439 e. The molecule has 7 heteroatoms. The lowest BCUT2D eigenvalue weighted by atomic mass is 10.2. The summed E-state index contributed by atoms with van der Waals surface area (Å²) < 4.78 is 56.2. The summed E-state index contributed by atoms with van der Waals surface area (Å²) in [6, 6.07) is 7.20. The van der Waals surface area contributed by atoms with E-state index in [1.165, 1.54) is 24.3 Å². The highest BCUT2D eigenvalue weighted by molar-refractivity contribution is 5.37. The standard InChI is InChI=1S/C13H10F4N2O/c14-9-3-1-4-10(8(9)7-18)20-12-6-2-5-11(19-12)13(15,16)17/h1-6H,7,18H2. The van der Waals surface area contributed by atoms with Crippen molar-refractivity contribution < 1.29 is 22.3 Å². The highest BCUT2D eigenvalue weighted by Gasteiger charge is 2.32. The van der Waals surface area contributed by atoms with Gasteiger partial charge in [-0.3, -0.25) is 0 Å². The quantitative estimate of drug-likeness (QED) is 0.879. The van der Waals surface area contributed by atoms with Crippen LogP contribution in [0.25, 0.3) is 0 Å². The van der Waals surface area contributed by atoms with Crippen LogP contribution in [0, 0.1) is 5.82 Å². The number of ether oxygens (including phenoxy) is 1. The Morgan fingerprint density at radius 3 is 2.45 bits per heavy atom. The van der Waals surface area contributed by atoms with Gasteiger partial charge in [0.2, 0.25) is 5.88 Å². The van der Waals surface area contributed by atoms with Crippen molar-refractivity contribution >= 4 is 0 Å². The summed E-state index contributed by atoms with van der Waals surface area (Å²) in [6.07, 6.45) is -4.57. The number of hydrogen-bond donors (Lipinski definition) is 1. The molecule has 0 aliphatic rings. The van der Waals surface area contributed by atoms with Gasteiger partial charge in [-0.05, 0) is 18.2 Å². The lowest BCUT2D eigenvalue weighted by Crippen LogP contribution is -2.08. The van der Waals surface area contributed by atoms with Gasteiger partial charge < -0.3 is 10.5 Å². The molecule has 0 unspecified atom stereocenters. The van der Waals surface area contributed by atoms with Gasteiger partial charge in [0, 0.05) is 18.2 Å². The van der Waals surface area contributed by atoms with Crippen LogP contribution in [0.4, 0.5) is 17.6 Å². The largest absolute Gasteiger partial charge is 0.439 e. The zero-order valence-electron chi connectivity index (χ0n) is 10.1. The van der Waals surface area contributed by atoms with E-state index in [-0.39, 0.29) is 23.7 Å². The molecule has 3 nitrogen and oxygen atoms in total. The number of benzene rings is 1. The van der Waals surface area contributed by atoms with Crippen LogP contribution in [0.3, 0.4) is 0 Å². The molecule has 0 saturated carbocycles. The molecule has 0 fully saturated rings. The Morgan fingerprint density at radius 2 is 1.80 bits per heavy atom.